The average Bonchev–Trinajstić information content (AvgIpc) is 2.62. The lowest BCUT2D eigenvalue weighted by atomic mass is 10.0. The third kappa shape index (κ3) is 4.41. The molecule has 0 aliphatic rings. The van der Waals surface area contributed by atoms with Crippen molar-refractivity contribution in [2.45, 2.75) is 18.9 Å². The molecule has 0 radical (unpaired) electrons. The number of nitrogens with one attached hydrogen (secondary N) is 1. The fourth-order valence-electron chi connectivity index (χ4n) is 2.98. The average molecular weight is 367 g/mol. The number of aliphatic carboxylic acids is 1. The van der Waals surface area contributed by atoms with Crippen molar-refractivity contribution in [3.05, 3.63) is 82.9 Å². The molecule has 3 rings (SSSR count). The van der Waals surface area contributed by atoms with Gasteiger partial charge < -0.3 is 15.2 Å². The second kappa shape index (κ2) is 8.02. The maximum absolute atomic E-state index is 12.5. The van der Waals surface area contributed by atoms with Crippen molar-refractivity contribution in [2.24, 2.45) is 0 Å². The van der Waals surface area contributed by atoms with E-state index in [4.69, 9.17) is 11.6 Å². The first-order chi connectivity index (χ1) is 12.5. The summed E-state index contributed by atoms with van der Waals surface area (Å²) in [6.45, 7) is 0. The van der Waals surface area contributed by atoms with Crippen LogP contribution in [0.2, 0.25) is 5.02 Å². The quantitative estimate of drug-likeness (QED) is 0.729. The summed E-state index contributed by atoms with van der Waals surface area (Å²) in [6, 6.07) is 19.7. The topological polar surface area (TPSA) is 69.2 Å². The number of benzene rings is 3. The largest absolute Gasteiger partial charge is 0.550 e. The van der Waals surface area contributed by atoms with Gasteiger partial charge in [-0.3, -0.25) is 4.79 Å². The Balaban J connectivity index is 1.79. The maximum Gasteiger partial charge on any atom is 0.224 e. The molecule has 0 spiro atoms. The van der Waals surface area contributed by atoms with Crippen molar-refractivity contribution in [1.29, 1.82) is 0 Å². The Kier molecular flexibility index (Phi) is 5.54. The number of carbonyl (C=O) groups excluding carboxylic acids is 2. The van der Waals surface area contributed by atoms with Gasteiger partial charge in [-0.25, -0.2) is 0 Å². The van der Waals surface area contributed by atoms with E-state index in [9.17, 15) is 14.7 Å². The zero-order valence-corrected chi connectivity index (χ0v) is 14.7. The standard InChI is InChI=1S/C21H18ClNO3/c22-17-10-8-15(9-11-17)19(13-21(25)26)23-20(24)12-16-6-3-5-14-4-1-2-7-18(14)16/h1-11,19H,12-13H2,(H,23,24)(H,25,26)/p-1/t19-/m1/s1. The van der Waals surface area contributed by atoms with E-state index in [2.05, 4.69) is 5.32 Å². The smallest absolute Gasteiger partial charge is 0.224 e. The summed E-state index contributed by atoms with van der Waals surface area (Å²) in [4.78, 5) is 23.6. The minimum atomic E-state index is -1.23. The van der Waals surface area contributed by atoms with Crippen molar-refractivity contribution < 1.29 is 14.7 Å². The summed E-state index contributed by atoms with van der Waals surface area (Å²) in [5.41, 5.74) is 1.56. The Bertz CT molecular complexity index is 932. The normalized spacial score (nSPS) is 11.9. The predicted molar refractivity (Wildman–Crippen MR) is 99.6 cm³/mol. The number of halogens is 1. The molecular formula is C21H17ClNO3-. The molecule has 0 aliphatic carbocycles. The zero-order chi connectivity index (χ0) is 18.5. The van der Waals surface area contributed by atoms with Crippen LogP contribution in [0.4, 0.5) is 0 Å². The molecule has 26 heavy (non-hydrogen) atoms. The molecule has 0 heterocycles. The first-order valence-corrected chi connectivity index (χ1v) is 8.62. The van der Waals surface area contributed by atoms with Crippen LogP contribution in [0.1, 0.15) is 23.6 Å². The minimum absolute atomic E-state index is 0.165. The zero-order valence-electron chi connectivity index (χ0n) is 13.9. The number of carboxylic acids is 1. The highest BCUT2D eigenvalue weighted by atomic mass is 35.5. The lowest BCUT2D eigenvalue weighted by Crippen LogP contribution is -2.35. The van der Waals surface area contributed by atoms with Gasteiger partial charge in [0.1, 0.15) is 0 Å². The molecule has 3 aromatic carbocycles. The van der Waals surface area contributed by atoms with Crippen molar-refractivity contribution >= 4 is 34.2 Å². The Hall–Kier alpha value is -2.85. The first-order valence-electron chi connectivity index (χ1n) is 8.24. The van der Waals surface area contributed by atoms with Gasteiger partial charge in [-0.2, -0.15) is 0 Å². The molecule has 5 heteroatoms. The Labute approximate surface area is 156 Å². The number of hydrogen-bond acceptors (Lipinski definition) is 3. The van der Waals surface area contributed by atoms with E-state index in [1.54, 1.807) is 24.3 Å². The Morgan fingerprint density at radius 1 is 0.962 bits per heavy atom. The number of amides is 1. The number of hydrogen-bond donors (Lipinski definition) is 1. The summed E-state index contributed by atoms with van der Waals surface area (Å²) >= 11 is 5.87. The second-order valence-electron chi connectivity index (χ2n) is 6.06. The molecule has 0 aromatic heterocycles. The van der Waals surface area contributed by atoms with Gasteiger partial charge in [-0.1, -0.05) is 66.2 Å². The van der Waals surface area contributed by atoms with Crippen LogP contribution in [0.5, 0.6) is 0 Å². The van der Waals surface area contributed by atoms with Crippen LogP contribution >= 0.6 is 11.6 Å². The molecule has 0 saturated heterocycles. The van der Waals surface area contributed by atoms with Crippen LogP contribution in [-0.4, -0.2) is 11.9 Å². The molecule has 4 nitrogen and oxygen atoms in total. The molecule has 0 unspecified atom stereocenters. The summed E-state index contributed by atoms with van der Waals surface area (Å²) in [6.07, 6.45) is -0.137. The van der Waals surface area contributed by atoms with Gasteiger partial charge in [0, 0.05) is 17.4 Å². The molecule has 1 N–H and O–H groups in total. The van der Waals surface area contributed by atoms with E-state index in [1.807, 2.05) is 42.5 Å². The molecule has 1 atom stereocenters. The lowest BCUT2D eigenvalue weighted by Gasteiger charge is -2.20. The van der Waals surface area contributed by atoms with Crippen LogP contribution in [0.3, 0.4) is 0 Å². The maximum atomic E-state index is 12.5. The number of rotatable bonds is 6. The second-order valence-corrected chi connectivity index (χ2v) is 6.50. The molecule has 1 amide bonds. The van der Waals surface area contributed by atoms with Crippen LogP contribution in [-0.2, 0) is 16.0 Å². The number of carbonyl (C=O) groups is 2. The SMILES string of the molecule is O=C([O-])C[C@@H](NC(=O)Cc1cccc2ccccc12)c1ccc(Cl)cc1. The summed E-state index contributed by atoms with van der Waals surface area (Å²) in [5, 5.41) is 16.5. The van der Waals surface area contributed by atoms with Crippen LogP contribution in [0.25, 0.3) is 10.8 Å². The summed E-state index contributed by atoms with van der Waals surface area (Å²) in [7, 11) is 0. The molecule has 3 aromatic rings. The highest BCUT2D eigenvalue weighted by Gasteiger charge is 2.16. The molecule has 0 aliphatic heterocycles. The minimum Gasteiger partial charge on any atom is -0.550 e. The van der Waals surface area contributed by atoms with Crippen LogP contribution in [0.15, 0.2) is 66.7 Å². The number of fused-ring (bicyclic) bond motifs is 1. The van der Waals surface area contributed by atoms with Crippen molar-refractivity contribution in [3.63, 3.8) is 0 Å². The van der Waals surface area contributed by atoms with Crippen molar-refractivity contribution in [3.8, 4) is 0 Å². The van der Waals surface area contributed by atoms with Gasteiger partial charge in [0.25, 0.3) is 0 Å². The fourth-order valence-corrected chi connectivity index (χ4v) is 3.10. The first kappa shape index (κ1) is 18.0. The lowest BCUT2D eigenvalue weighted by molar-refractivity contribution is -0.306. The Morgan fingerprint density at radius 3 is 2.38 bits per heavy atom. The molecule has 132 valence electrons. The summed E-state index contributed by atoms with van der Waals surface area (Å²) < 4.78 is 0. The molecule has 0 fully saturated rings. The van der Waals surface area contributed by atoms with Gasteiger partial charge in [-0.05, 0) is 34.0 Å². The van der Waals surface area contributed by atoms with E-state index in [-0.39, 0.29) is 18.7 Å². The monoisotopic (exact) mass is 366 g/mol. The van der Waals surface area contributed by atoms with E-state index < -0.39 is 12.0 Å². The molecule has 0 saturated carbocycles. The van der Waals surface area contributed by atoms with E-state index >= 15 is 0 Å². The van der Waals surface area contributed by atoms with Crippen molar-refractivity contribution in [2.75, 3.05) is 0 Å². The van der Waals surface area contributed by atoms with Gasteiger partial charge in [0.05, 0.1) is 12.5 Å². The van der Waals surface area contributed by atoms with Gasteiger partial charge in [-0.15, -0.1) is 0 Å². The fraction of sp³-hybridized carbons (Fsp3) is 0.143. The summed E-state index contributed by atoms with van der Waals surface area (Å²) in [5.74, 6) is -1.47. The third-order valence-corrected chi connectivity index (χ3v) is 4.46. The van der Waals surface area contributed by atoms with Crippen LogP contribution in [0, 0.1) is 0 Å². The number of carboxylic acid groups (broad SMARTS) is 1. The van der Waals surface area contributed by atoms with Gasteiger partial charge >= 0.3 is 0 Å². The highest BCUT2D eigenvalue weighted by Crippen LogP contribution is 2.21. The van der Waals surface area contributed by atoms with E-state index in [0.717, 1.165) is 16.3 Å². The van der Waals surface area contributed by atoms with E-state index in [1.165, 1.54) is 0 Å². The van der Waals surface area contributed by atoms with E-state index in [0.29, 0.717) is 10.6 Å². The highest BCUT2D eigenvalue weighted by molar-refractivity contribution is 6.30. The van der Waals surface area contributed by atoms with Gasteiger partial charge in [0.15, 0.2) is 0 Å². The van der Waals surface area contributed by atoms with Crippen molar-refractivity contribution in [1.82, 2.24) is 5.32 Å². The van der Waals surface area contributed by atoms with Gasteiger partial charge in [0.2, 0.25) is 5.91 Å². The Morgan fingerprint density at radius 2 is 1.65 bits per heavy atom. The van der Waals surface area contributed by atoms with Crippen LogP contribution < -0.4 is 10.4 Å². The molecular weight excluding hydrogens is 350 g/mol. The molecule has 0 bridgehead atoms. The predicted octanol–water partition coefficient (Wildman–Crippen LogP) is 3.03. The third-order valence-electron chi connectivity index (χ3n) is 4.21.